The molecule has 0 radical (unpaired) electrons. The minimum atomic E-state index is -0.410. The molecule has 0 saturated heterocycles. The number of rotatable bonds is 6. The number of aromatic nitrogens is 2. The Balaban J connectivity index is 1.27. The van der Waals surface area contributed by atoms with Crippen molar-refractivity contribution in [3.05, 3.63) is 64.1 Å². The summed E-state index contributed by atoms with van der Waals surface area (Å²) in [6.45, 7) is 2.00. The van der Waals surface area contributed by atoms with Crippen molar-refractivity contribution in [2.45, 2.75) is 19.8 Å². The Morgan fingerprint density at radius 1 is 1.03 bits per heavy atom. The minimum absolute atomic E-state index is 0.127. The van der Waals surface area contributed by atoms with Crippen LogP contribution in [-0.2, 0) is 11.2 Å². The number of fused-ring (bicyclic) bond motifs is 1. The summed E-state index contributed by atoms with van der Waals surface area (Å²) in [6.07, 6.45) is 0.733. The molecule has 0 fully saturated rings. The Kier molecular flexibility index (Phi) is 6.45. The standard InChI is InChI=1S/C21H18ClN5O2S2/c1-12-4-2-7-16-18(12)26-21(31-16)25-17(28)9-8-15-11-30-20(24-15)27-19(29)23-14-6-3-5-13(22)10-14/h2-7,10-11H,8-9H2,1H3,(H,25,26,28)(H2,23,24,27,29). The van der Waals surface area contributed by atoms with Crippen molar-refractivity contribution in [3.63, 3.8) is 0 Å². The van der Waals surface area contributed by atoms with Crippen molar-refractivity contribution in [1.29, 1.82) is 0 Å². The lowest BCUT2D eigenvalue weighted by molar-refractivity contribution is -0.116. The van der Waals surface area contributed by atoms with E-state index in [4.69, 9.17) is 11.6 Å². The zero-order valence-electron chi connectivity index (χ0n) is 16.4. The highest BCUT2D eigenvalue weighted by molar-refractivity contribution is 7.22. The number of aryl methyl sites for hydroxylation is 2. The Morgan fingerprint density at radius 2 is 1.87 bits per heavy atom. The van der Waals surface area contributed by atoms with E-state index in [1.807, 2.05) is 30.5 Å². The molecule has 158 valence electrons. The number of hydrogen-bond acceptors (Lipinski definition) is 6. The molecule has 10 heteroatoms. The van der Waals surface area contributed by atoms with Crippen LogP contribution in [0, 0.1) is 6.92 Å². The van der Waals surface area contributed by atoms with E-state index < -0.39 is 6.03 Å². The summed E-state index contributed by atoms with van der Waals surface area (Å²) in [4.78, 5) is 33.3. The lowest BCUT2D eigenvalue weighted by Gasteiger charge is -2.05. The first kappa shape index (κ1) is 21.2. The molecule has 0 aliphatic rings. The fourth-order valence-corrected chi connectivity index (χ4v) is 4.76. The quantitative estimate of drug-likeness (QED) is 0.324. The van der Waals surface area contributed by atoms with Crippen LogP contribution in [0.2, 0.25) is 5.02 Å². The Morgan fingerprint density at radius 3 is 2.68 bits per heavy atom. The molecule has 0 saturated carbocycles. The van der Waals surface area contributed by atoms with Crippen molar-refractivity contribution in [2.24, 2.45) is 0 Å². The minimum Gasteiger partial charge on any atom is -0.308 e. The van der Waals surface area contributed by atoms with Crippen LogP contribution >= 0.6 is 34.3 Å². The highest BCUT2D eigenvalue weighted by Crippen LogP contribution is 2.28. The third kappa shape index (κ3) is 5.57. The van der Waals surface area contributed by atoms with Crippen LogP contribution in [0.3, 0.4) is 0 Å². The number of carbonyl (C=O) groups is 2. The van der Waals surface area contributed by atoms with E-state index in [1.54, 1.807) is 24.3 Å². The Bertz CT molecular complexity index is 1250. The van der Waals surface area contributed by atoms with Gasteiger partial charge in [0.1, 0.15) is 0 Å². The predicted octanol–water partition coefficient (Wildman–Crippen LogP) is 5.93. The van der Waals surface area contributed by atoms with E-state index in [0.29, 0.717) is 27.4 Å². The molecular weight excluding hydrogens is 454 g/mol. The van der Waals surface area contributed by atoms with Crippen molar-refractivity contribution < 1.29 is 9.59 Å². The summed E-state index contributed by atoms with van der Waals surface area (Å²) in [5.41, 5.74) is 3.31. The maximum Gasteiger partial charge on any atom is 0.325 e. The number of urea groups is 1. The number of para-hydroxylation sites is 1. The van der Waals surface area contributed by atoms with Crippen LogP contribution in [0.25, 0.3) is 10.2 Å². The van der Waals surface area contributed by atoms with E-state index in [0.717, 1.165) is 21.5 Å². The van der Waals surface area contributed by atoms with Crippen LogP contribution in [0.4, 0.5) is 20.7 Å². The van der Waals surface area contributed by atoms with Crippen molar-refractivity contribution in [1.82, 2.24) is 9.97 Å². The number of benzene rings is 2. The van der Waals surface area contributed by atoms with E-state index >= 15 is 0 Å². The molecule has 2 aromatic carbocycles. The van der Waals surface area contributed by atoms with Crippen LogP contribution in [0.1, 0.15) is 17.7 Å². The topological polar surface area (TPSA) is 96.0 Å². The molecule has 3 N–H and O–H groups in total. The van der Waals surface area contributed by atoms with Crippen LogP contribution in [-0.4, -0.2) is 21.9 Å². The first-order valence-electron chi connectivity index (χ1n) is 9.40. The van der Waals surface area contributed by atoms with Gasteiger partial charge in [-0.05, 0) is 43.2 Å². The average molecular weight is 472 g/mol. The highest BCUT2D eigenvalue weighted by Gasteiger charge is 2.11. The third-order valence-corrected chi connectivity index (χ3v) is 6.31. The number of amides is 3. The molecule has 0 unspecified atom stereocenters. The summed E-state index contributed by atoms with van der Waals surface area (Å²) in [6, 6.07) is 12.4. The van der Waals surface area contributed by atoms with Crippen molar-refractivity contribution in [3.8, 4) is 0 Å². The van der Waals surface area contributed by atoms with E-state index in [2.05, 4.69) is 25.9 Å². The molecule has 2 aromatic heterocycles. The Hall–Kier alpha value is -3.01. The molecule has 0 atom stereocenters. The molecular formula is C21H18ClN5O2S2. The summed E-state index contributed by atoms with van der Waals surface area (Å²) < 4.78 is 1.04. The van der Waals surface area contributed by atoms with Gasteiger partial charge in [-0.1, -0.05) is 41.1 Å². The predicted molar refractivity (Wildman–Crippen MR) is 128 cm³/mol. The molecule has 0 aliphatic heterocycles. The maximum atomic E-state index is 12.3. The SMILES string of the molecule is Cc1cccc2sc(NC(=O)CCc3csc(NC(=O)Nc4cccc(Cl)c4)n3)nc12. The van der Waals surface area contributed by atoms with Gasteiger partial charge in [-0.15, -0.1) is 11.3 Å². The fourth-order valence-electron chi connectivity index (χ4n) is 2.87. The van der Waals surface area contributed by atoms with Crippen molar-refractivity contribution in [2.75, 3.05) is 16.0 Å². The number of halogens is 1. The number of thiazole rings is 2. The van der Waals surface area contributed by atoms with E-state index in [9.17, 15) is 9.59 Å². The molecule has 3 amide bonds. The van der Waals surface area contributed by atoms with E-state index in [-0.39, 0.29) is 12.3 Å². The molecule has 0 spiro atoms. The van der Waals surface area contributed by atoms with Gasteiger partial charge in [-0.25, -0.2) is 14.8 Å². The van der Waals surface area contributed by atoms with Crippen LogP contribution in [0.5, 0.6) is 0 Å². The lowest BCUT2D eigenvalue weighted by atomic mass is 10.2. The van der Waals surface area contributed by atoms with Gasteiger partial charge in [0.15, 0.2) is 10.3 Å². The first-order chi connectivity index (χ1) is 15.0. The largest absolute Gasteiger partial charge is 0.325 e. The molecule has 0 aliphatic carbocycles. The second-order valence-electron chi connectivity index (χ2n) is 6.72. The monoisotopic (exact) mass is 471 g/mol. The fraction of sp³-hybridized carbons (Fsp3) is 0.143. The third-order valence-electron chi connectivity index (χ3n) is 4.33. The van der Waals surface area contributed by atoms with Gasteiger partial charge in [-0.2, -0.15) is 0 Å². The lowest BCUT2D eigenvalue weighted by Crippen LogP contribution is -2.19. The zero-order chi connectivity index (χ0) is 21.8. The number of nitrogens with one attached hydrogen (secondary N) is 3. The second-order valence-corrected chi connectivity index (χ2v) is 9.05. The second kappa shape index (κ2) is 9.42. The molecule has 4 rings (SSSR count). The van der Waals surface area contributed by atoms with Crippen LogP contribution in [0.15, 0.2) is 47.8 Å². The molecule has 2 heterocycles. The smallest absolute Gasteiger partial charge is 0.308 e. The van der Waals surface area contributed by atoms with Gasteiger partial charge in [0.05, 0.1) is 15.9 Å². The van der Waals surface area contributed by atoms with Gasteiger partial charge >= 0.3 is 6.03 Å². The van der Waals surface area contributed by atoms with Gasteiger partial charge < -0.3 is 10.6 Å². The van der Waals surface area contributed by atoms with Crippen molar-refractivity contribution >= 4 is 72.4 Å². The maximum absolute atomic E-state index is 12.3. The number of carbonyl (C=O) groups excluding carboxylic acids is 2. The molecule has 4 aromatic rings. The number of anilines is 3. The van der Waals surface area contributed by atoms with Crippen LogP contribution < -0.4 is 16.0 Å². The summed E-state index contributed by atoms with van der Waals surface area (Å²) in [5, 5.41) is 11.6. The molecule has 0 bridgehead atoms. The van der Waals surface area contributed by atoms with Gasteiger partial charge in [-0.3, -0.25) is 10.1 Å². The average Bonchev–Trinajstić information content (AvgIpc) is 3.33. The van der Waals surface area contributed by atoms with Gasteiger partial charge in [0.25, 0.3) is 0 Å². The first-order valence-corrected chi connectivity index (χ1v) is 11.5. The number of nitrogens with zero attached hydrogens (tertiary/aromatic N) is 2. The normalized spacial score (nSPS) is 10.8. The summed E-state index contributed by atoms with van der Waals surface area (Å²) in [5.74, 6) is -0.127. The summed E-state index contributed by atoms with van der Waals surface area (Å²) >= 11 is 8.67. The van der Waals surface area contributed by atoms with Gasteiger partial charge in [0, 0.05) is 22.5 Å². The zero-order valence-corrected chi connectivity index (χ0v) is 18.8. The molecule has 31 heavy (non-hydrogen) atoms. The van der Waals surface area contributed by atoms with E-state index in [1.165, 1.54) is 22.7 Å². The van der Waals surface area contributed by atoms with Gasteiger partial charge in [0.2, 0.25) is 5.91 Å². The summed E-state index contributed by atoms with van der Waals surface area (Å²) in [7, 11) is 0. The Labute approximate surface area is 191 Å². The number of hydrogen-bond donors (Lipinski definition) is 3. The highest BCUT2D eigenvalue weighted by atomic mass is 35.5. The molecule has 7 nitrogen and oxygen atoms in total.